The van der Waals surface area contributed by atoms with Crippen LogP contribution in [0.4, 0.5) is 4.39 Å². The fourth-order valence-electron chi connectivity index (χ4n) is 1.30. The first-order chi connectivity index (χ1) is 8.42. The summed E-state index contributed by atoms with van der Waals surface area (Å²) in [6.07, 6.45) is 0. The van der Waals surface area contributed by atoms with E-state index in [2.05, 4.69) is 5.32 Å². The van der Waals surface area contributed by atoms with Crippen LogP contribution in [0.1, 0.15) is 31.1 Å². The van der Waals surface area contributed by atoms with Crippen molar-refractivity contribution in [3.8, 4) is 0 Å². The first-order valence-corrected chi connectivity index (χ1v) is 7.87. The van der Waals surface area contributed by atoms with Crippen molar-refractivity contribution in [3.63, 3.8) is 0 Å². The third-order valence-corrected chi connectivity index (χ3v) is 3.67. The molecule has 19 heavy (non-hydrogen) atoms. The van der Waals surface area contributed by atoms with Gasteiger partial charge in [-0.25, -0.2) is 12.8 Å². The van der Waals surface area contributed by atoms with E-state index in [1.165, 1.54) is 0 Å². The van der Waals surface area contributed by atoms with Crippen molar-refractivity contribution in [2.75, 3.05) is 0 Å². The van der Waals surface area contributed by atoms with Crippen LogP contribution in [-0.2, 0) is 9.05 Å². The minimum Gasteiger partial charge on any atom is -0.347 e. The zero-order valence-electron chi connectivity index (χ0n) is 10.4. The van der Waals surface area contributed by atoms with Crippen LogP contribution in [0.25, 0.3) is 0 Å². The van der Waals surface area contributed by atoms with Gasteiger partial charge in [0.1, 0.15) is 10.7 Å². The smallest absolute Gasteiger partial charge is 0.264 e. The lowest BCUT2D eigenvalue weighted by Gasteiger charge is -2.21. The quantitative estimate of drug-likeness (QED) is 0.849. The van der Waals surface area contributed by atoms with Crippen LogP contribution in [0.2, 0.25) is 5.02 Å². The summed E-state index contributed by atoms with van der Waals surface area (Å²) in [5.74, 6) is -1.72. The lowest BCUT2D eigenvalue weighted by atomic mass is 10.1. The van der Waals surface area contributed by atoms with Gasteiger partial charge in [0.2, 0.25) is 0 Å². The molecule has 0 bridgehead atoms. The molecule has 0 radical (unpaired) electrons. The Morgan fingerprint density at radius 1 is 1.32 bits per heavy atom. The molecule has 0 saturated carbocycles. The van der Waals surface area contributed by atoms with Gasteiger partial charge in [-0.3, -0.25) is 4.79 Å². The molecule has 8 heteroatoms. The average molecular weight is 328 g/mol. The highest BCUT2D eigenvalue weighted by atomic mass is 35.7. The molecular weight excluding hydrogens is 316 g/mol. The Morgan fingerprint density at radius 2 is 1.84 bits per heavy atom. The monoisotopic (exact) mass is 327 g/mol. The fourth-order valence-corrected chi connectivity index (χ4v) is 2.44. The molecule has 0 aliphatic carbocycles. The van der Waals surface area contributed by atoms with Gasteiger partial charge in [0.15, 0.2) is 0 Å². The number of benzene rings is 1. The molecule has 1 aromatic carbocycles. The Morgan fingerprint density at radius 3 is 2.26 bits per heavy atom. The maximum atomic E-state index is 13.4. The Hall–Kier alpha value is -0.850. The number of hydrogen-bond acceptors (Lipinski definition) is 3. The topological polar surface area (TPSA) is 63.2 Å². The normalized spacial score (nSPS) is 12.3. The zero-order valence-corrected chi connectivity index (χ0v) is 12.7. The Kier molecular flexibility index (Phi) is 4.49. The van der Waals surface area contributed by atoms with E-state index in [9.17, 15) is 17.6 Å². The molecule has 0 heterocycles. The van der Waals surface area contributed by atoms with E-state index in [0.717, 1.165) is 12.1 Å². The second kappa shape index (κ2) is 5.26. The Labute approximate surface area is 120 Å². The molecule has 0 spiro atoms. The van der Waals surface area contributed by atoms with Crippen LogP contribution in [0.15, 0.2) is 17.0 Å². The van der Waals surface area contributed by atoms with Crippen molar-refractivity contribution in [1.82, 2.24) is 5.32 Å². The summed E-state index contributed by atoms with van der Waals surface area (Å²) in [5, 5.41) is 2.40. The van der Waals surface area contributed by atoms with E-state index in [1.54, 1.807) is 20.8 Å². The SMILES string of the molecule is CC(C)(C)NC(=O)c1cc(S(=O)(=O)Cl)c(F)cc1Cl. The molecule has 0 aliphatic rings. The van der Waals surface area contributed by atoms with Gasteiger partial charge in [-0.05, 0) is 32.9 Å². The van der Waals surface area contributed by atoms with E-state index in [4.69, 9.17) is 22.3 Å². The molecule has 4 nitrogen and oxygen atoms in total. The number of rotatable bonds is 2. The first-order valence-electron chi connectivity index (χ1n) is 5.18. The number of halogens is 3. The van der Waals surface area contributed by atoms with E-state index in [0.29, 0.717) is 0 Å². The van der Waals surface area contributed by atoms with E-state index >= 15 is 0 Å². The number of carbonyl (C=O) groups excluding carboxylic acids is 1. The van der Waals surface area contributed by atoms with Gasteiger partial charge in [0.05, 0.1) is 10.6 Å². The molecule has 1 N–H and O–H groups in total. The van der Waals surface area contributed by atoms with Crippen LogP contribution in [0, 0.1) is 5.82 Å². The maximum Gasteiger partial charge on any atom is 0.264 e. The molecule has 0 saturated heterocycles. The van der Waals surface area contributed by atoms with Gasteiger partial charge in [-0.2, -0.15) is 0 Å². The molecule has 1 rings (SSSR count). The first kappa shape index (κ1) is 16.2. The molecule has 1 amide bonds. The number of carbonyl (C=O) groups is 1. The van der Waals surface area contributed by atoms with Crippen LogP contribution in [0.5, 0.6) is 0 Å². The predicted molar refractivity (Wildman–Crippen MR) is 71.7 cm³/mol. The highest BCUT2D eigenvalue weighted by Gasteiger charge is 2.23. The summed E-state index contributed by atoms with van der Waals surface area (Å²) >= 11 is 5.74. The highest BCUT2D eigenvalue weighted by Crippen LogP contribution is 2.26. The Bertz CT molecular complexity index is 624. The van der Waals surface area contributed by atoms with Crippen LogP contribution in [0.3, 0.4) is 0 Å². The lowest BCUT2D eigenvalue weighted by Crippen LogP contribution is -2.40. The van der Waals surface area contributed by atoms with Gasteiger partial charge in [0.25, 0.3) is 15.0 Å². The second-order valence-electron chi connectivity index (χ2n) is 4.90. The van der Waals surface area contributed by atoms with Crippen molar-refractivity contribution >= 4 is 37.2 Å². The second-order valence-corrected chi connectivity index (χ2v) is 7.85. The largest absolute Gasteiger partial charge is 0.347 e. The lowest BCUT2D eigenvalue weighted by molar-refractivity contribution is 0.0919. The van der Waals surface area contributed by atoms with Crippen LogP contribution in [-0.4, -0.2) is 19.9 Å². The van der Waals surface area contributed by atoms with Gasteiger partial charge in [0, 0.05) is 16.2 Å². The average Bonchev–Trinajstić information content (AvgIpc) is 2.11. The van der Waals surface area contributed by atoms with Gasteiger partial charge >= 0.3 is 0 Å². The summed E-state index contributed by atoms with van der Waals surface area (Å²) in [6.45, 7) is 5.21. The molecule has 0 fully saturated rings. The summed E-state index contributed by atoms with van der Waals surface area (Å²) < 4.78 is 35.8. The molecule has 0 aliphatic heterocycles. The molecule has 0 aromatic heterocycles. The molecular formula is C11H12Cl2FNO3S. The van der Waals surface area contributed by atoms with E-state index in [-0.39, 0.29) is 10.6 Å². The van der Waals surface area contributed by atoms with E-state index in [1.807, 2.05) is 0 Å². The van der Waals surface area contributed by atoms with Crippen molar-refractivity contribution in [2.24, 2.45) is 0 Å². The van der Waals surface area contributed by atoms with Crippen LogP contribution < -0.4 is 5.32 Å². The minimum absolute atomic E-state index is 0.155. The standard InChI is InChI=1S/C11H12Cl2FNO3S/c1-11(2,3)15-10(16)6-4-9(19(13,17)18)8(14)5-7(6)12/h4-5H,1-3H3,(H,15,16). The maximum absolute atomic E-state index is 13.4. The van der Waals surface area contributed by atoms with Crippen molar-refractivity contribution < 1.29 is 17.6 Å². The number of amides is 1. The number of hydrogen-bond donors (Lipinski definition) is 1. The predicted octanol–water partition coefficient (Wildman–Crippen LogP) is 2.93. The summed E-state index contributed by atoms with van der Waals surface area (Å²) in [5.41, 5.74) is -0.702. The highest BCUT2D eigenvalue weighted by molar-refractivity contribution is 8.13. The summed E-state index contributed by atoms with van der Waals surface area (Å²) in [4.78, 5) is 11.1. The van der Waals surface area contributed by atoms with E-state index < -0.39 is 31.2 Å². The Balaban J connectivity index is 3.34. The van der Waals surface area contributed by atoms with Gasteiger partial charge in [-0.1, -0.05) is 11.6 Å². The van der Waals surface area contributed by atoms with Crippen molar-refractivity contribution in [1.29, 1.82) is 0 Å². The fraction of sp³-hybridized carbons (Fsp3) is 0.364. The van der Waals surface area contributed by atoms with Gasteiger partial charge < -0.3 is 5.32 Å². The van der Waals surface area contributed by atoms with Gasteiger partial charge in [-0.15, -0.1) is 0 Å². The van der Waals surface area contributed by atoms with Crippen molar-refractivity contribution in [3.05, 3.63) is 28.5 Å². The summed E-state index contributed by atoms with van der Waals surface area (Å²) in [6, 6.07) is 1.56. The summed E-state index contributed by atoms with van der Waals surface area (Å²) in [7, 11) is 0.792. The molecule has 0 atom stereocenters. The third-order valence-electron chi connectivity index (χ3n) is 2.02. The number of nitrogens with one attached hydrogen (secondary N) is 1. The molecule has 1 aromatic rings. The zero-order chi connectivity index (χ0) is 15.0. The molecule has 106 valence electrons. The van der Waals surface area contributed by atoms with Crippen LogP contribution >= 0.6 is 22.3 Å². The van der Waals surface area contributed by atoms with Crippen molar-refractivity contribution in [2.45, 2.75) is 31.2 Å². The third kappa shape index (κ3) is 4.33. The minimum atomic E-state index is -4.29. The molecule has 0 unspecified atom stereocenters.